The second-order valence-corrected chi connectivity index (χ2v) is 9.88. The normalized spacial score (nSPS) is 16.0. The molecule has 1 fully saturated rings. The Morgan fingerprint density at radius 3 is 2.14 bits per heavy atom. The zero-order chi connectivity index (χ0) is 26.9. The maximum atomic E-state index is 13.7. The summed E-state index contributed by atoms with van der Waals surface area (Å²) in [5, 5.41) is 4.31. The van der Waals surface area contributed by atoms with E-state index in [2.05, 4.69) is 21.2 Å². The van der Waals surface area contributed by atoms with E-state index in [-0.39, 0.29) is 38.5 Å². The van der Waals surface area contributed by atoms with Crippen LogP contribution in [0, 0.1) is 0 Å². The standard InChI is InChI=1S/C23H17BrCl2F6N2O2/c24-18-7-12(2-4-17(23(30,31)32)13-8-14(25)10-15(26)9-13)1-3-16(18)19(35)34-21(5-6-21)20(36)33-11-22(27,28)29/h1-4,7-10,17H,5-6,11H2,(H,33,36)(H,34,35)/b4-2+. The number of nitrogens with one attached hydrogen (secondary N) is 2. The first-order chi connectivity index (χ1) is 16.6. The topological polar surface area (TPSA) is 58.2 Å². The highest BCUT2D eigenvalue weighted by atomic mass is 79.9. The number of rotatable bonds is 7. The summed E-state index contributed by atoms with van der Waals surface area (Å²) in [6.07, 6.45) is -6.74. The quantitative estimate of drug-likeness (QED) is 0.327. The Morgan fingerprint density at radius 1 is 1.03 bits per heavy atom. The molecule has 4 nitrogen and oxygen atoms in total. The number of amides is 2. The lowest BCUT2D eigenvalue weighted by Crippen LogP contribution is -2.50. The van der Waals surface area contributed by atoms with Gasteiger partial charge in [0.25, 0.3) is 5.91 Å². The lowest BCUT2D eigenvalue weighted by Gasteiger charge is -2.19. The number of hydrogen-bond donors (Lipinski definition) is 2. The summed E-state index contributed by atoms with van der Waals surface area (Å²) >= 11 is 14.9. The summed E-state index contributed by atoms with van der Waals surface area (Å²) in [5.74, 6) is -3.66. The van der Waals surface area contributed by atoms with Gasteiger partial charge in [-0.1, -0.05) is 41.4 Å². The molecule has 0 saturated heterocycles. The zero-order valence-electron chi connectivity index (χ0n) is 18.0. The van der Waals surface area contributed by atoms with Crippen LogP contribution in [0.1, 0.15) is 40.2 Å². The third-order valence-electron chi connectivity index (χ3n) is 5.30. The largest absolute Gasteiger partial charge is 0.405 e. The Kier molecular flexibility index (Phi) is 8.36. The number of benzene rings is 2. The van der Waals surface area contributed by atoms with E-state index in [1.54, 1.807) is 5.32 Å². The molecular weight excluding hydrogens is 601 g/mol. The number of alkyl halides is 6. The number of allylic oxidation sites excluding steroid dienone is 1. The van der Waals surface area contributed by atoms with Crippen LogP contribution in [0.3, 0.4) is 0 Å². The minimum Gasteiger partial charge on any atom is -0.345 e. The lowest BCUT2D eigenvalue weighted by molar-refractivity contribution is -0.140. The van der Waals surface area contributed by atoms with Gasteiger partial charge in [-0.2, -0.15) is 26.3 Å². The molecule has 0 aromatic heterocycles. The first kappa shape index (κ1) is 28.3. The smallest absolute Gasteiger partial charge is 0.345 e. The van der Waals surface area contributed by atoms with Crippen molar-refractivity contribution >= 4 is 57.0 Å². The summed E-state index contributed by atoms with van der Waals surface area (Å²) in [4.78, 5) is 24.8. The van der Waals surface area contributed by atoms with Gasteiger partial charge in [0.05, 0.1) is 11.5 Å². The van der Waals surface area contributed by atoms with Crippen LogP contribution in [0.25, 0.3) is 6.08 Å². The van der Waals surface area contributed by atoms with Crippen LogP contribution in [0.2, 0.25) is 10.0 Å². The van der Waals surface area contributed by atoms with Gasteiger partial charge in [0, 0.05) is 14.5 Å². The molecule has 0 radical (unpaired) electrons. The van der Waals surface area contributed by atoms with Gasteiger partial charge >= 0.3 is 12.4 Å². The van der Waals surface area contributed by atoms with E-state index in [1.807, 2.05) is 0 Å². The molecule has 2 aromatic carbocycles. The maximum absolute atomic E-state index is 13.7. The Morgan fingerprint density at radius 2 is 1.64 bits per heavy atom. The third kappa shape index (κ3) is 7.39. The van der Waals surface area contributed by atoms with E-state index in [4.69, 9.17) is 23.2 Å². The van der Waals surface area contributed by atoms with Crippen LogP contribution in [0.15, 0.2) is 46.9 Å². The molecule has 0 spiro atoms. The minimum absolute atomic E-state index is 0.0519. The van der Waals surface area contributed by atoms with Gasteiger partial charge < -0.3 is 10.6 Å². The first-order valence-corrected chi connectivity index (χ1v) is 11.8. The second-order valence-electron chi connectivity index (χ2n) is 8.15. The molecule has 194 valence electrons. The van der Waals surface area contributed by atoms with Crippen LogP contribution in [0.5, 0.6) is 0 Å². The van der Waals surface area contributed by atoms with Crippen LogP contribution < -0.4 is 10.6 Å². The average molecular weight is 618 g/mol. The van der Waals surface area contributed by atoms with Crippen molar-refractivity contribution in [3.63, 3.8) is 0 Å². The van der Waals surface area contributed by atoms with Gasteiger partial charge in [-0.15, -0.1) is 0 Å². The molecule has 2 N–H and O–H groups in total. The first-order valence-electron chi connectivity index (χ1n) is 10.3. The molecule has 0 heterocycles. The van der Waals surface area contributed by atoms with Gasteiger partial charge in [0.1, 0.15) is 12.1 Å². The van der Waals surface area contributed by atoms with Crippen LogP contribution >= 0.6 is 39.1 Å². The fraction of sp³-hybridized carbons (Fsp3) is 0.304. The van der Waals surface area contributed by atoms with Crippen molar-refractivity contribution in [3.8, 4) is 0 Å². The third-order valence-corrected chi connectivity index (χ3v) is 6.39. The van der Waals surface area contributed by atoms with Crippen molar-refractivity contribution in [1.82, 2.24) is 10.6 Å². The van der Waals surface area contributed by atoms with Gasteiger partial charge in [-0.25, -0.2) is 0 Å². The van der Waals surface area contributed by atoms with E-state index in [0.717, 1.165) is 18.2 Å². The second kappa shape index (κ2) is 10.6. The van der Waals surface area contributed by atoms with Crippen LogP contribution in [0.4, 0.5) is 26.3 Å². The number of carbonyl (C=O) groups excluding carboxylic acids is 2. The summed E-state index contributed by atoms with van der Waals surface area (Å²) < 4.78 is 78.3. The Bertz CT molecular complexity index is 1180. The van der Waals surface area contributed by atoms with E-state index in [1.165, 1.54) is 30.3 Å². The highest BCUT2D eigenvalue weighted by molar-refractivity contribution is 9.10. The molecule has 0 aliphatic heterocycles. The molecule has 1 aliphatic rings. The van der Waals surface area contributed by atoms with Crippen molar-refractivity contribution in [2.24, 2.45) is 0 Å². The van der Waals surface area contributed by atoms with Crippen molar-refractivity contribution in [2.75, 3.05) is 6.54 Å². The number of hydrogen-bond acceptors (Lipinski definition) is 2. The Labute approximate surface area is 220 Å². The molecule has 13 heteroatoms. The molecule has 1 aliphatic carbocycles. The predicted molar refractivity (Wildman–Crippen MR) is 127 cm³/mol. The maximum Gasteiger partial charge on any atom is 0.405 e. The van der Waals surface area contributed by atoms with E-state index >= 15 is 0 Å². The zero-order valence-corrected chi connectivity index (χ0v) is 21.1. The molecule has 2 aromatic rings. The van der Waals surface area contributed by atoms with E-state index in [0.29, 0.717) is 5.56 Å². The molecule has 2 amide bonds. The SMILES string of the molecule is O=C(NC1(C(=O)NCC(F)(F)F)CC1)c1ccc(/C=C/C(c2cc(Cl)cc(Cl)c2)C(F)(F)F)cc1Br. The monoisotopic (exact) mass is 616 g/mol. The highest BCUT2D eigenvalue weighted by Gasteiger charge is 2.52. The minimum atomic E-state index is -4.63. The van der Waals surface area contributed by atoms with Gasteiger partial charge in [-0.05, 0) is 70.2 Å². The Balaban J connectivity index is 1.75. The molecule has 1 saturated carbocycles. The van der Waals surface area contributed by atoms with Gasteiger partial charge in [0.2, 0.25) is 5.91 Å². The predicted octanol–water partition coefficient (Wildman–Crippen LogP) is 7.06. The number of carbonyl (C=O) groups is 2. The average Bonchev–Trinajstić information content (AvgIpc) is 3.50. The van der Waals surface area contributed by atoms with Crippen molar-refractivity contribution < 1.29 is 35.9 Å². The van der Waals surface area contributed by atoms with E-state index < -0.39 is 42.2 Å². The summed E-state index contributed by atoms with van der Waals surface area (Å²) in [7, 11) is 0. The van der Waals surface area contributed by atoms with Crippen LogP contribution in [-0.4, -0.2) is 36.3 Å². The highest BCUT2D eigenvalue weighted by Crippen LogP contribution is 2.39. The molecule has 1 atom stereocenters. The molecule has 0 bridgehead atoms. The fourth-order valence-electron chi connectivity index (χ4n) is 3.36. The van der Waals surface area contributed by atoms with Crippen molar-refractivity contribution in [1.29, 1.82) is 0 Å². The summed E-state index contributed by atoms with van der Waals surface area (Å²) in [6, 6.07) is 7.75. The van der Waals surface area contributed by atoms with Gasteiger partial charge in [-0.3, -0.25) is 9.59 Å². The molecular formula is C23H17BrCl2F6N2O2. The van der Waals surface area contributed by atoms with Gasteiger partial charge in [0.15, 0.2) is 0 Å². The molecule has 36 heavy (non-hydrogen) atoms. The fourth-order valence-corrected chi connectivity index (χ4v) is 4.48. The molecule has 1 unspecified atom stereocenters. The van der Waals surface area contributed by atoms with Crippen molar-refractivity contribution in [3.05, 3.63) is 73.7 Å². The Hall–Kier alpha value is -2.24. The molecule has 3 rings (SSSR count). The number of halogens is 9. The summed E-state index contributed by atoms with van der Waals surface area (Å²) in [5.41, 5.74) is -1.20. The van der Waals surface area contributed by atoms with E-state index in [9.17, 15) is 35.9 Å². The van der Waals surface area contributed by atoms with Crippen molar-refractivity contribution in [2.45, 2.75) is 36.7 Å². The summed E-state index contributed by atoms with van der Waals surface area (Å²) in [6.45, 7) is -1.52. The van der Waals surface area contributed by atoms with Crippen LogP contribution in [-0.2, 0) is 4.79 Å². The lowest BCUT2D eigenvalue weighted by atomic mass is 9.97.